The van der Waals surface area contributed by atoms with Gasteiger partial charge in [-0.1, -0.05) is 6.07 Å². The Kier molecular flexibility index (Phi) is 6.87. The second kappa shape index (κ2) is 9.56. The molecule has 0 bridgehead atoms. The number of carbonyl (C=O) groups excluding carboxylic acids is 2. The third-order valence-electron chi connectivity index (χ3n) is 5.42. The molecule has 7 nitrogen and oxygen atoms in total. The second-order valence-electron chi connectivity index (χ2n) is 7.68. The Hall–Kier alpha value is -3.16. The van der Waals surface area contributed by atoms with Crippen LogP contribution in [0, 0.1) is 25.6 Å². The topological polar surface area (TPSA) is 79.3 Å². The largest absolute Gasteiger partial charge is 0.339 e. The van der Waals surface area contributed by atoms with Crippen molar-refractivity contribution < 1.29 is 14.0 Å². The number of nitrogens with zero attached hydrogens (tertiary/aromatic N) is 3. The van der Waals surface area contributed by atoms with E-state index in [-0.39, 0.29) is 17.9 Å². The highest BCUT2D eigenvalue weighted by Crippen LogP contribution is 2.18. The van der Waals surface area contributed by atoms with Crippen LogP contribution in [0.25, 0.3) is 6.08 Å². The van der Waals surface area contributed by atoms with Gasteiger partial charge in [-0.15, -0.1) is 0 Å². The summed E-state index contributed by atoms with van der Waals surface area (Å²) >= 11 is 0. The predicted molar refractivity (Wildman–Crippen MR) is 114 cm³/mol. The maximum atomic E-state index is 13.2. The van der Waals surface area contributed by atoms with E-state index in [0.717, 1.165) is 29.8 Å². The van der Waals surface area contributed by atoms with Crippen LogP contribution in [0.2, 0.25) is 0 Å². The summed E-state index contributed by atoms with van der Waals surface area (Å²) in [7, 11) is 1.88. The Balaban J connectivity index is 1.50. The number of amides is 3. The minimum atomic E-state index is -0.404. The van der Waals surface area contributed by atoms with E-state index in [1.807, 2.05) is 31.9 Å². The zero-order chi connectivity index (χ0) is 21.7. The van der Waals surface area contributed by atoms with Crippen molar-refractivity contribution in [2.24, 2.45) is 13.0 Å². The standard InChI is InChI=1S/C22H28FN5O2/c1-15-20(16(2)27(3)26-15)9-10-21(29)28-11-5-6-17(14-28)13-24-22(30)25-19-8-4-7-18(23)12-19/h4,7-10,12,17H,5-6,11,13-14H2,1-3H3,(H2,24,25,30)/b10-9+. The van der Waals surface area contributed by atoms with E-state index in [2.05, 4.69) is 15.7 Å². The number of rotatable bonds is 5. The lowest BCUT2D eigenvalue weighted by Gasteiger charge is -2.32. The van der Waals surface area contributed by atoms with Gasteiger partial charge in [-0.05, 0) is 56.9 Å². The van der Waals surface area contributed by atoms with Crippen molar-refractivity contribution >= 4 is 23.7 Å². The van der Waals surface area contributed by atoms with Crippen LogP contribution in [0.1, 0.15) is 29.8 Å². The van der Waals surface area contributed by atoms with E-state index >= 15 is 0 Å². The Morgan fingerprint density at radius 1 is 1.33 bits per heavy atom. The van der Waals surface area contributed by atoms with Gasteiger partial charge in [-0.3, -0.25) is 9.48 Å². The van der Waals surface area contributed by atoms with Crippen molar-refractivity contribution in [1.29, 1.82) is 0 Å². The third kappa shape index (κ3) is 5.46. The first-order valence-corrected chi connectivity index (χ1v) is 10.1. The number of piperidine rings is 1. The first-order valence-electron chi connectivity index (χ1n) is 10.1. The fourth-order valence-corrected chi connectivity index (χ4v) is 3.70. The first-order chi connectivity index (χ1) is 14.3. The van der Waals surface area contributed by atoms with E-state index < -0.39 is 5.82 Å². The van der Waals surface area contributed by atoms with E-state index in [1.165, 1.54) is 18.2 Å². The highest BCUT2D eigenvalue weighted by Gasteiger charge is 2.23. The molecule has 3 rings (SSSR count). The number of nitrogens with one attached hydrogen (secondary N) is 2. The van der Waals surface area contributed by atoms with Gasteiger partial charge < -0.3 is 15.5 Å². The van der Waals surface area contributed by atoms with Gasteiger partial charge in [-0.2, -0.15) is 5.10 Å². The Bertz CT molecular complexity index is 953. The van der Waals surface area contributed by atoms with E-state index in [1.54, 1.807) is 16.8 Å². The minimum absolute atomic E-state index is 0.0356. The van der Waals surface area contributed by atoms with Crippen LogP contribution in [0.3, 0.4) is 0 Å². The maximum absolute atomic E-state index is 13.2. The molecule has 0 aliphatic carbocycles. The van der Waals surface area contributed by atoms with Gasteiger partial charge in [-0.25, -0.2) is 9.18 Å². The molecule has 1 aliphatic heterocycles. The number of benzene rings is 1. The number of aryl methyl sites for hydroxylation is 2. The highest BCUT2D eigenvalue weighted by atomic mass is 19.1. The molecule has 1 saturated heterocycles. The average Bonchev–Trinajstić information content (AvgIpc) is 2.96. The van der Waals surface area contributed by atoms with Crippen LogP contribution >= 0.6 is 0 Å². The lowest BCUT2D eigenvalue weighted by molar-refractivity contribution is -0.127. The summed E-state index contributed by atoms with van der Waals surface area (Å²) < 4.78 is 15.0. The van der Waals surface area contributed by atoms with Gasteiger partial charge in [0.15, 0.2) is 0 Å². The number of hydrogen-bond acceptors (Lipinski definition) is 3. The van der Waals surface area contributed by atoms with Crippen molar-refractivity contribution in [3.63, 3.8) is 0 Å². The van der Waals surface area contributed by atoms with Gasteiger partial charge in [0.05, 0.1) is 5.69 Å². The number of likely N-dealkylation sites (tertiary alicyclic amines) is 1. The quantitative estimate of drug-likeness (QED) is 0.739. The molecule has 2 aromatic rings. The monoisotopic (exact) mass is 413 g/mol. The molecule has 1 fully saturated rings. The normalized spacial score (nSPS) is 16.7. The number of aromatic nitrogens is 2. The zero-order valence-electron chi connectivity index (χ0n) is 17.6. The molecular formula is C22H28FN5O2. The number of anilines is 1. The number of halogens is 1. The first kappa shape index (κ1) is 21.5. The van der Waals surface area contributed by atoms with Gasteiger partial charge in [0.1, 0.15) is 5.82 Å². The zero-order valence-corrected chi connectivity index (χ0v) is 17.6. The van der Waals surface area contributed by atoms with Crippen LogP contribution < -0.4 is 10.6 Å². The molecule has 1 aromatic carbocycles. The van der Waals surface area contributed by atoms with Gasteiger partial charge in [0.2, 0.25) is 5.91 Å². The molecule has 1 atom stereocenters. The van der Waals surface area contributed by atoms with E-state index in [4.69, 9.17) is 0 Å². The van der Waals surface area contributed by atoms with Crippen molar-refractivity contribution in [2.45, 2.75) is 26.7 Å². The van der Waals surface area contributed by atoms with Crippen molar-refractivity contribution in [2.75, 3.05) is 25.0 Å². The Morgan fingerprint density at radius 2 is 2.13 bits per heavy atom. The van der Waals surface area contributed by atoms with Crippen molar-refractivity contribution in [1.82, 2.24) is 20.0 Å². The van der Waals surface area contributed by atoms with E-state index in [9.17, 15) is 14.0 Å². The van der Waals surface area contributed by atoms with Crippen LogP contribution in [-0.2, 0) is 11.8 Å². The lowest BCUT2D eigenvalue weighted by atomic mass is 9.98. The third-order valence-corrected chi connectivity index (χ3v) is 5.42. The van der Waals surface area contributed by atoms with Crippen LogP contribution in [0.4, 0.5) is 14.9 Å². The molecule has 2 heterocycles. The smallest absolute Gasteiger partial charge is 0.319 e. The molecule has 160 valence electrons. The summed E-state index contributed by atoms with van der Waals surface area (Å²) in [6, 6.07) is 5.37. The fraction of sp³-hybridized carbons (Fsp3) is 0.409. The molecule has 1 aliphatic rings. The summed E-state index contributed by atoms with van der Waals surface area (Å²) in [6.07, 6.45) is 5.26. The lowest BCUT2D eigenvalue weighted by Crippen LogP contribution is -2.43. The average molecular weight is 413 g/mol. The maximum Gasteiger partial charge on any atom is 0.319 e. The highest BCUT2D eigenvalue weighted by molar-refractivity contribution is 5.92. The molecule has 1 unspecified atom stereocenters. The Labute approximate surface area is 175 Å². The van der Waals surface area contributed by atoms with Crippen molar-refractivity contribution in [3.05, 3.63) is 53.1 Å². The van der Waals surface area contributed by atoms with Crippen LogP contribution in [0.5, 0.6) is 0 Å². The second-order valence-corrected chi connectivity index (χ2v) is 7.68. The summed E-state index contributed by atoms with van der Waals surface area (Å²) in [5.74, 6) is -0.262. The molecule has 0 radical (unpaired) electrons. The molecule has 3 amide bonds. The molecule has 0 spiro atoms. The SMILES string of the molecule is Cc1nn(C)c(C)c1/C=C/C(=O)N1CCCC(CNC(=O)Nc2cccc(F)c2)C1. The summed E-state index contributed by atoms with van der Waals surface area (Å²) in [5, 5.41) is 9.80. The molecule has 30 heavy (non-hydrogen) atoms. The van der Waals surface area contributed by atoms with Gasteiger partial charge >= 0.3 is 6.03 Å². The number of urea groups is 1. The summed E-state index contributed by atoms with van der Waals surface area (Å²) in [5.41, 5.74) is 3.28. The summed E-state index contributed by atoms with van der Waals surface area (Å²) in [4.78, 5) is 26.5. The van der Waals surface area contributed by atoms with Crippen LogP contribution in [-0.4, -0.2) is 46.3 Å². The molecule has 0 saturated carbocycles. The van der Waals surface area contributed by atoms with E-state index in [0.29, 0.717) is 25.3 Å². The predicted octanol–water partition coefficient (Wildman–Crippen LogP) is 3.25. The number of carbonyl (C=O) groups is 2. The molecular weight excluding hydrogens is 385 g/mol. The molecule has 8 heteroatoms. The number of hydrogen-bond donors (Lipinski definition) is 2. The van der Waals surface area contributed by atoms with Crippen molar-refractivity contribution in [3.8, 4) is 0 Å². The molecule has 2 N–H and O–H groups in total. The van der Waals surface area contributed by atoms with Gasteiger partial charge in [0.25, 0.3) is 0 Å². The summed E-state index contributed by atoms with van der Waals surface area (Å²) in [6.45, 7) is 5.65. The molecule has 1 aromatic heterocycles. The fourth-order valence-electron chi connectivity index (χ4n) is 3.70. The van der Waals surface area contributed by atoms with Gasteiger partial charge in [0, 0.05) is 49.7 Å². The van der Waals surface area contributed by atoms with Crippen LogP contribution in [0.15, 0.2) is 30.3 Å². The minimum Gasteiger partial charge on any atom is -0.339 e. The Morgan fingerprint density at radius 3 is 2.83 bits per heavy atom.